The molecule has 0 aliphatic carbocycles. The Balaban J connectivity index is 1.96. The first-order valence-electron chi connectivity index (χ1n) is 12.2. The van der Waals surface area contributed by atoms with Gasteiger partial charge in [0.2, 0.25) is 5.88 Å². The summed E-state index contributed by atoms with van der Waals surface area (Å²) in [5.41, 5.74) is 0.698. The highest BCUT2D eigenvalue weighted by Gasteiger charge is 2.42. The van der Waals surface area contributed by atoms with E-state index in [9.17, 15) is 13.9 Å². The number of pyridine rings is 1. The van der Waals surface area contributed by atoms with Crippen molar-refractivity contribution in [3.8, 4) is 5.88 Å². The van der Waals surface area contributed by atoms with Crippen LogP contribution in [0.5, 0.6) is 5.88 Å². The zero-order valence-electron chi connectivity index (χ0n) is 21.2. The lowest BCUT2D eigenvalue weighted by Crippen LogP contribution is -2.35. The number of benzene rings is 3. The van der Waals surface area contributed by atoms with Crippen LogP contribution in [0.25, 0.3) is 10.9 Å². The van der Waals surface area contributed by atoms with Crippen molar-refractivity contribution in [1.29, 1.82) is 0 Å². The molecular formula is C30H31BrF2N2O2. The Morgan fingerprint density at radius 2 is 1.68 bits per heavy atom. The molecule has 4 aromatic rings. The SMILES string of the molecule is COc1nc2ccc(Br)cc2cc1C(c1ccccc1)C(O)(CCCCN(C)C)c1cc(F)cc(F)c1. The minimum Gasteiger partial charge on any atom is -0.481 e. The van der Waals surface area contributed by atoms with E-state index in [1.54, 1.807) is 0 Å². The quantitative estimate of drug-likeness (QED) is 0.208. The Bertz CT molecular complexity index is 1350. The molecule has 0 amide bonds. The van der Waals surface area contributed by atoms with Gasteiger partial charge in [0.15, 0.2) is 0 Å². The molecule has 3 aromatic carbocycles. The number of hydrogen-bond acceptors (Lipinski definition) is 4. The average molecular weight is 569 g/mol. The maximum absolute atomic E-state index is 14.5. The molecule has 0 bridgehead atoms. The summed E-state index contributed by atoms with van der Waals surface area (Å²) < 4.78 is 35.7. The van der Waals surface area contributed by atoms with Crippen molar-refractivity contribution in [2.45, 2.75) is 30.8 Å². The first kappa shape index (κ1) is 27.2. The number of rotatable bonds is 10. The predicted molar refractivity (Wildman–Crippen MR) is 147 cm³/mol. The van der Waals surface area contributed by atoms with Crippen LogP contribution in [0.3, 0.4) is 0 Å². The van der Waals surface area contributed by atoms with E-state index in [1.807, 2.05) is 68.7 Å². The second kappa shape index (κ2) is 11.7. The first-order chi connectivity index (χ1) is 17.7. The fraction of sp³-hybridized carbons (Fsp3) is 0.300. The largest absolute Gasteiger partial charge is 0.481 e. The Hall–Kier alpha value is -2.87. The molecule has 4 rings (SSSR count). The van der Waals surface area contributed by atoms with Gasteiger partial charge in [-0.3, -0.25) is 0 Å². The maximum atomic E-state index is 14.5. The smallest absolute Gasteiger partial charge is 0.217 e. The van der Waals surface area contributed by atoms with Crippen molar-refractivity contribution in [2.24, 2.45) is 0 Å². The van der Waals surface area contributed by atoms with Gasteiger partial charge in [0.05, 0.1) is 12.6 Å². The van der Waals surface area contributed by atoms with Crippen LogP contribution in [0, 0.1) is 11.6 Å². The van der Waals surface area contributed by atoms with E-state index < -0.39 is 23.2 Å². The van der Waals surface area contributed by atoms with Crippen molar-refractivity contribution in [3.05, 3.63) is 106 Å². The summed E-state index contributed by atoms with van der Waals surface area (Å²) in [4.78, 5) is 6.81. The van der Waals surface area contributed by atoms with Gasteiger partial charge in [-0.15, -0.1) is 0 Å². The zero-order valence-corrected chi connectivity index (χ0v) is 22.8. The van der Waals surface area contributed by atoms with E-state index in [2.05, 4.69) is 20.8 Å². The molecular weight excluding hydrogens is 538 g/mol. The summed E-state index contributed by atoms with van der Waals surface area (Å²) in [7, 11) is 5.52. The van der Waals surface area contributed by atoms with Gasteiger partial charge in [-0.25, -0.2) is 13.8 Å². The van der Waals surface area contributed by atoms with Gasteiger partial charge in [-0.1, -0.05) is 46.3 Å². The number of halogens is 3. The van der Waals surface area contributed by atoms with Crippen molar-refractivity contribution in [1.82, 2.24) is 9.88 Å². The molecule has 4 nitrogen and oxygen atoms in total. The second-order valence-electron chi connectivity index (χ2n) is 9.61. The summed E-state index contributed by atoms with van der Waals surface area (Å²) >= 11 is 3.52. The zero-order chi connectivity index (χ0) is 26.6. The molecule has 0 spiro atoms. The summed E-state index contributed by atoms with van der Waals surface area (Å²) in [5, 5.41) is 13.4. The van der Waals surface area contributed by atoms with Gasteiger partial charge in [0.1, 0.15) is 17.2 Å². The molecule has 0 saturated heterocycles. The van der Waals surface area contributed by atoms with Gasteiger partial charge < -0.3 is 14.7 Å². The molecule has 37 heavy (non-hydrogen) atoms. The van der Waals surface area contributed by atoms with Gasteiger partial charge in [-0.2, -0.15) is 0 Å². The lowest BCUT2D eigenvalue weighted by molar-refractivity contribution is 0.00622. The van der Waals surface area contributed by atoms with Crippen LogP contribution < -0.4 is 4.74 Å². The van der Waals surface area contributed by atoms with Crippen LogP contribution >= 0.6 is 15.9 Å². The topological polar surface area (TPSA) is 45.6 Å². The number of aromatic nitrogens is 1. The number of aliphatic hydroxyl groups is 1. The van der Waals surface area contributed by atoms with Crippen molar-refractivity contribution in [3.63, 3.8) is 0 Å². The molecule has 1 N–H and O–H groups in total. The van der Waals surface area contributed by atoms with Crippen molar-refractivity contribution in [2.75, 3.05) is 27.7 Å². The standard InChI is InChI=1S/C30H31BrF2N2O2/c1-35(2)14-8-7-13-30(36,22-17-24(32)19-25(33)18-22)28(20-9-5-4-6-10-20)26-16-21-15-23(31)11-12-27(21)34-29(26)37-3/h4-6,9-12,15-19,28,36H,7-8,13-14H2,1-3H3. The average Bonchev–Trinajstić information content (AvgIpc) is 2.86. The van der Waals surface area contributed by atoms with E-state index in [-0.39, 0.29) is 12.0 Å². The van der Waals surface area contributed by atoms with Crippen LogP contribution in [-0.4, -0.2) is 42.7 Å². The molecule has 1 aromatic heterocycles. The van der Waals surface area contributed by atoms with Crippen molar-refractivity contribution >= 4 is 26.8 Å². The highest BCUT2D eigenvalue weighted by atomic mass is 79.9. The number of ether oxygens (including phenoxy) is 1. The van der Waals surface area contributed by atoms with Crippen LogP contribution in [0.1, 0.15) is 41.9 Å². The van der Waals surface area contributed by atoms with Gasteiger partial charge in [-0.05, 0) is 87.4 Å². The van der Waals surface area contributed by atoms with Crippen LogP contribution in [0.4, 0.5) is 8.78 Å². The third-order valence-corrected chi connectivity index (χ3v) is 7.15. The number of methoxy groups -OCH3 is 1. The molecule has 0 saturated carbocycles. The van der Waals surface area contributed by atoms with Crippen molar-refractivity contribution < 1.29 is 18.6 Å². The van der Waals surface area contributed by atoms with E-state index in [0.717, 1.165) is 40.0 Å². The minimum absolute atomic E-state index is 0.181. The maximum Gasteiger partial charge on any atom is 0.217 e. The van der Waals surface area contributed by atoms with Crippen LogP contribution in [0.2, 0.25) is 0 Å². The van der Waals surface area contributed by atoms with E-state index in [4.69, 9.17) is 9.72 Å². The van der Waals surface area contributed by atoms with E-state index in [1.165, 1.54) is 19.2 Å². The Labute approximate surface area is 225 Å². The lowest BCUT2D eigenvalue weighted by atomic mass is 9.71. The molecule has 2 atom stereocenters. The summed E-state index contributed by atoms with van der Waals surface area (Å²) in [5.74, 6) is -1.82. The molecule has 0 aliphatic heterocycles. The Morgan fingerprint density at radius 1 is 0.973 bits per heavy atom. The fourth-order valence-corrected chi connectivity index (χ4v) is 5.33. The summed E-state index contributed by atoms with van der Waals surface area (Å²) in [6.45, 7) is 0.832. The van der Waals surface area contributed by atoms with Crippen LogP contribution in [0.15, 0.2) is 77.3 Å². The number of unbranched alkanes of at least 4 members (excludes halogenated alkanes) is 1. The molecule has 194 valence electrons. The number of hydrogen-bond donors (Lipinski definition) is 1. The van der Waals surface area contributed by atoms with E-state index >= 15 is 0 Å². The molecule has 0 radical (unpaired) electrons. The number of nitrogens with zero attached hydrogens (tertiary/aromatic N) is 2. The second-order valence-corrected chi connectivity index (χ2v) is 10.5. The highest BCUT2D eigenvalue weighted by Crippen LogP contribution is 2.48. The van der Waals surface area contributed by atoms with Crippen LogP contribution in [-0.2, 0) is 5.60 Å². The first-order valence-corrected chi connectivity index (χ1v) is 13.0. The third-order valence-electron chi connectivity index (χ3n) is 6.66. The lowest BCUT2D eigenvalue weighted by Gasteiger charge is -2.38. The number of fused-ring (bicyclic) bond motifs is 1. The van der Waals surface area contributed by atoms with Gasteiger partial charge >= 0.3 is 0 Å². The summed E-state index contributed by atoms with van der Waals surface area (Å²) in [6.07, 6.45) is 1.74. The molecule has 7 heteroatoms. The Morgan fingerprint density at radius 3 is 2.32 bits per heavy atom. The fourth-order valence-electron chi connectivity index (χ4n) is 4.96. The van der Waals surface area contributed by atoms with E-state index in [0.29, 0.717) is 17.9 Å². The highest BCUT2D eigenvalue weighted by molar-refractivity contribution is 9.10. The van der Waals surface area contributed by atoms with Gasteiger partial charge in [0.25, 0.3) is 0 Å². The Kier molecular flexibility index (Phi) is 8.57. The molecule has 0 fully saturated rings. The molecule has 1 heterocycles. The van der Waals surface area contributed by atoms with Gasteiger partial charge in [0, 0.05) is 27.4 Å². The summed E-state index contributed by atoms with van der Waals surface area (Å²) in [6, 6.07) is 20.5. The third kappa shape index (κ3) is 6.17. The molecule has 0 aliphatic rings. The molecule has 2 unspecified atom stereocenters. The predicted octanol–water partition coefficient (Wildman–Crippen LogP) is 7.04. The minimum atomic E-state index is -1.65. The monoisotopic (exact) mass is 568 g/mol. The normalized spacial score (nSPS) is 14.1.